The van der Waals surface area contributed by atoms with Crippen molar-refractivity contribution in [3.63, 3.8) is 0 Å². The Morgan fingerprint density at radius 3 is 2.92 bits per heavy atom. The number of nitrogens with two attached hydrogens (primary N) is 1. The molecule has 0 radical (unpaired) electrons. The topological polar surface area (TPSA) is 72.5 Å². The monoisotopic (exact) mass is 163 g/mol. The first-order chi connectivity index (χ1) is 5.75. The van der Waals surface area contributed by atoms with Gasteiger partial charge in [0.15, 0.2) is 0 Å². The Bertz CT molecular complexity index is 348. The molecule has 0 spiro atoms. The summed E-state index contributed by atoms with van der Waals surface area (Å²) >= 11 is 0. The van der Waals surface area contributed by atoms with E-state index in [2.05, 4.69) is 15.2 Å². The molecule has 0 aromatic carbocycles. The fraction of sp³-hybridized carbons (Fsp3) is 0.143. The van der Waals surface area contributed by atoms with E-state index in [4.69, 9.17) is 5.73 Å². The number of hydrogen-bond donors (Lipinski definition) is 2. The molecule has 0 amide bonds. The van der Waals surface area contributed by atoms with Gasteiger partial charge in [0, 0.05) is 19.3 Å². The van der Waals surface area contributed by atoms with Gasteiger partial charge in [-0.05, 0) is 0 Å². The van der Waals surface area contributed by atoms with E-state index in [0.29, 0.717) is 5.82 Å². The van der Waals surface area contributed by atoms with Crippen LogP contribution in [0.4, 0.5) is 5.82 Å². The van der Waals surface area contributed by atoms with E-state index in [0.717, 1.165) is 11.4 Å². The van der Waals surface area contributed by atoms with Crippen molar-refractivity contribution in [3.8, 4) is 11.4 Å². The van der Waals surface area contributed by atoms with Gasteiger partial charge in [-0.3, -0.25) is 5.10 Å². The van der Waals surface area contributed by atoms with E-state index in [1.807, 2.05) is 17.8 Å². The first-order valence-corrected chi connectivity index (χ1v) is 3.55. The molecule has 12 heavy (non-hydrogen) atoms. The molecule has 0 fully saturated rings. The number of H-pyrrole nitrogens is 1. The number of aromatic amines is 1. The summed E-state index contributed by atoms with van der Waals surface area (Å²) in [4.78, 5) is 4.14. The molecule has 3 N–H and O–H groups in total. The second-order valence-electron chi connectivity index (χ2n) is 2.63. The van der Waals surface area contributed by atoms with Gasteiger partial charge in [-0.15, -0.1) is 0 Å². The number of aryl methyl sites for hydroxylation is 1. The number of imidazole rings is 1. The zero-order valence-electron chi connectivity index (χ0n) is 6.65. The van der Waals surface area contributed by atoms with E-state index in [9.17, 15) is 0 Å². The van der Waals surface area contributed by atoms with E-state index in [-0.39, 0.29) is 0 Å². The van der Waals surface area contributed by atoms with Crippen LogP contribution in [-0.2, 0) is 7.05 Å². The van der Waals surface area contributed by atoms with Gasteiger partial charge in [-0.2, -0.15) is 5.10 Å². The first-order valence-electron chi connectivity index (χ1n) is 3.55. The Labute approximate surface area is 69.2 Å². The summed E-state index contributed by atoms with van der Waals surface area (Å²) in [6.45, 7) is 0. The molecule has 2 aromatic heterocycles. The normalized spacial score (nSPS) is 10.4. The van der Waals surface area contributed by atoms with Crippen LogP contribution in [-0.4, -0.2) is 19.7 Å². The summed E-state index contributed by atoms with van der Waals surface area (Å²) in [5.41, 5.74) is 7.14. The third kappa shape index (κ3) is 1.05. The third-order valence-corrected chi connectivity index (χ3v) is 1.58. The number of nitrogen functional groups attached to an aromatic ring is 1. The highest BCUT2D eigenvalue weighted by Crippen LogP contribution is 2.14. The molecule has 0 atom stereocenters. The van der Waals surface area contributed by atoms with Crippen LogP contribution < -0.4 is 5.73 Å². The lowest BCUT2D eigenvalue weighted by Crippen LogP contribution is -1.81. The van der Waals surface area contributed by atoms with Crippen molar-refractivity contribution in [2.24, 2.45) is 7.05 Å². The van der Waals surface area contributed by atoms with Crippen LogP contribution in [0.3, 0.4) is 0 Å². The summed E-state index contributed by atoms with van der Waals surface area (Å²) in [5, 5.41) is 6.59. The number of hydrogen-bond acceptors (Lipinski definition) is 3. The van der Waals surface area contributed by atoms with Crippen molar-refractivity contribution in [1.82, 2.24) is 19.7 Å². The highest BCUT2D eigenvalue weighted by molar-refractivity contribution is 5.56. The van der Waals surface area contributed by atoms with Crippen molar-refractivity contribution in [2.75, 3.05) is 5.73 Å². The molecular formula is C7H9N5. The van der Waals surface area contributed by atoms with Crippen molar-refractivity contribution in [2.45, 2.75) is 0 Å². The fourth-order valence-corrected chi connectivity index (χ4v) is 1.02. The number of nitrogens with one attached hydrogen (secondary N) is 1. The predicted octanol–water partition coefficient (Wildman–Crippen LogP) is 0.392. The van der Waals surface area contributed by atoms with Crippen LogP contribution in [0.1, 0.15) is 0 Å². The summed E-state index contributed by atoms with van der Waals surface area (Å²) < 4.78 is 1.87. The number of anilines is 1. The zero-order valence-corrected chi connectivity index (χ0v) is 6.65. The van der Waals surface area contributed by atoms with Gasteiger partial charge < -0.3 is 10.3 Å². The quantitative estimate of drug-likeness (QED) is 0.638. The molecule has 0 bridgehead atoms. The van der Waals surface area contributed by atoms with Gasteiger partial charge in [0.25, 0.3) is 0 Å². The van der Waals surface area contributed by atoms with Crippen LogP contribution in [0.25, 0.3) is 11.4 Å². The lowest BCUT2D eigenvalue weighted by molar-refractivity contribution is 0.913. The summed E-state index contributed by atoms with van der Waals surface area (Å²) in [7, 11) is 1.91. The number of nitrogens with zero attached hydrogens (tertiary/aromatic N) is 3. The van der Waals surface area contributed by atoms with Crippen LogP contribution in [0, 0.1) is 0 Å². The summed E-state index contributed by atoms with van der Waals surface area (Å²) in [6, 6.07) is 1.75. The van der Waals surface area contributed by atoms with E-state index in [1.54, 1.807) is 12.4 Å². The lowest BCUT2D eigenvalue weighted by atomic mass is 10.3. The smallest absolute Gasteiger partial charge is 0.145 e. The fourth-order valence-electron chi connectivity index (χ4n) is 1.02. The summed E-state index contributed by atoms with van der Waals surface area (Å²) in [6.07, 6.45) is 3.62. The molecular weight excluding hydrogens is 154 g/mol. The number of aromatic nitrogens is 4. The third-order valence-electron chi connectivity index (χ3n) is 1.58. The second-order valence-corrected chi connectivity index (χ2v) is 2.63. The van der Waals surface area contributed by atoms with E-state index < -0.39 is 0 Å². The Balaban J connectivity index is 2.43. The minimum atomic E-state index is 0.482. The van der Waals surface area contributed by atoms with Gasteiger partial charge in [-0.25, -0.2) is 4.98 Å². The Morgan fingerprint density at radius 1 is 1.58 bits per heavy atom. The van der Waals surface area contributed by atoms with Gasteiger partial charge in [0.05, 0.1) is 12.0 Å². The number of rotatable bonds is 1. The Kier molecular flexibility index (Phi) is 1.36. The molecule has 0 aliphatic heterocycles. The molecule has 0 unspecified atom stereocenters. The van der Waals surface area contributed by atoms with Crippen LogP contribution in [0.15, 0.2) is 18.6 Å². The van der Waals surface area contributed by atoms with Gasteiger partial charge in [0.2, 0.25) is 0 Å². The lowest BCUT2D eigenvalue weighted by Gasteiger charge is -1.85. The van der Waals surface area contributed by atoms with Gasteiger partial charge in [-0.1, -0.05) is 0 Å². The van der Waals surface area contributed by atoms with Gasteiger partial charge >= 0.3 is 0 Å². The highest BCUT2D eigenvalue weighted by atomic mass is 15.2. The van der Waals surface area contributed by atoms with Crippen LogP contribution in [0.2, 0.25) is 0 Å². The minimum absolute atomic E-state index is 0.482. The van der Waals surface area contributed by atoms with Crippen molar-refractivity contribution >= 4 is 5.82 Å². The standard InChI is InChI=1S/C7H9N5/c1-12-3-6(9-4-12)5-2-7(8)11-10-5/h2-4H,1H3,(H3,8,10,11). The first kappa shape index (κ1) is 6.90. The van der Waals surface area contributed by atoms with Gasteiger partial charge in [0.1, 0.15) is 11.5 Å². The molecule has 0 aliphatic carbocycles. The Morgan fingerprint density at radius 2 is 2.42 bits per heavy atom. The maximum absolute atomic E-state index is 5.45. The Hall–Kier alpha value is -1.78. The average Bonchev–Trinajstić information content (AvgIpc) is 2.58. The van der Waals surface area contributed by atoms with E-state index in [1.165, 1.54) is 0 Å². The van der Waals surface area contributed by atoms with E-state index >= 15 is 0 Å². The molecule has 2 aromatic rings. The molecule has 0 saturated heterocycles. The largest absolute Gasteiger partial charge is 0.382 e. The zero-order chi connectivity index (χ0) is 8.55. The molecule has 2 heterocycles. The minimum Gasteiger partial charge on any atom is -0.382 e. The molecule has 0 saturated carbocycles. The molecule has 2 rings (SSSR count). The van der Waals surface area contributed by atoms with Crippen molar-refractivity contribution in [3.05, 3.63) is 18.6 Å². The van der Waals surface area contributed by atoms with Crippen LogP contribution >= 0.6 is 0 Å². The predicted molar refractivity (Wildman–Crippen MR) is 45.2 cm³/mol. The van der Waals surface area contributed by atoms with Crippen molar-refractivity contribution < 1.29 is 0 Å². The molecule has 5 heteroatoms. The second kappa shape index (κ2) is 2.37. The van der Waals surface area contributed by atoms with Crippen LogP contribution in [0.5, 0.6) is 0 Å². The molecule has 0 aliphatic rings. The molecule has 5 nitrogen and oxygen atoms in total. The van der Waals surface area contributed by atoms with Crippen molar-refractivity contribution in [1.29, 1.82) is 0 Å². The average molecular weight is 163 g/mol. The SMILES string of the molecule is Cn1cnc(-c2cc(N)n[nH]2)c1. The maximum Gasteiger partial charge on any atom is 0.145 e. The maximum atomic E-state index is 5.45. The highest BCUT2D eigenvalue weighted by Gasteiger charge is 2.02. The molecule has 62 valence electrons. The summed E-state index contributed by atoms with van der Waals surface area (Å²) in [5.74, 6) is 0.482.